The fraction of sp³-hybridized carbons (Fsp3) is 0.111. The summed E-state index contributed by atoms with van der Waals surface area (Å²) in [6.45, 7) is 11.7. The fourth-order valence-corrected chi connectivity index (χ4v) is 11.0. The van der Waals surface area contributed by atoms with E-state index in [1.807, 2.05) is 42.5 Å². The summed E-state index contributed by atoms with van der Waals surface area (Å²) in [6, 6.07) is 64.0. The van der Waals surface area contributed by atoms with E-state index >= 15 is 0 Å². The molecule has 2 aromatic heterocycles. The topological polar surface area (TPSA) is 69.6 Å². The predicted molar refractivity (Wildman–Crippen MR) is 291 cm³/mol. The summed E-state index contributed by atoms with van der Waals surface area (Å²) in [4.78, 5) is 7.57. The lowest BCUT2D eigenvalue weighted by molar-refractivity contribution is 0.282. The van der Waals surface area contributed by atoms with Crippen LogP contribution in [-0.4, -0.2) is 28.8 Å². The second-order valence-corrected chi connectivity index (χ2v) is 18.5. The number of hydrogen-bond acceptors (Lipinski definition) is 3. The number of benzene rings is 9. The molecule has 0 amide bonds. The Hall–Kier alpha value is -8.48. The highest BCUT2D eigenvalue weighted by atomic mass is 16.3. The van der Waals surface area contributed by atoms with Crippen molar-refractivity contribution in [2.45, 2.75) is 25.8 Å². The van der Waals surface area contributed by atoms with E-state index in [0.717, 1.165) is 91.3 Å². The number of hydrogen-bond donors (Lipinski definition) is 2. The Morgan fingerprint density at radius 1 is 0.710 bits per heavy atom. The minimum absolute atomic E-state index is 0.0881. The van der Waals surface area contributed by atoms with Crippen molar-refractivity contribution < 1.29 is 4.42 Å². The van der Waals surface area contributed by atoms with Crippen molar-refractivity contribution in [1.82, 2.24) is 9.88 Å². The number of allylic oxidation sites excluding steroid dienone is 3. The maximum atomic E-state index is 9.48. The van der Waals surface area contributed by atoms with Crippen LogP contribution in [0, 0.1) is 17.2 Å². The van der Waals surface area contributed by atoms with Gasteiger partial charge in [-0.2, -0.15) is 0 Å². The first-order valence-corrected chi connectivity index (χ1v) is 23.9. The number of amidine groups is 2. The van der Waals surface area contributed by atoms with Gasteiger partial charge >= 0.3 is 0 Å². The van der Waals surface area contributed by atoms with Crippen molar-refractivity contribution in [1.29, 1.82) is 5.41 Å². The summed E-state index contributed by atoms with van der Waals surface area (Å²) < 4.78 is 9.46. The van der Waals surface area contributed by atoms with Crippen molar-refractivity contribution in [3.8, 4) is 5.69 Å². The highest BCUT2D eigenvalue weighted by Crippen LogP contribution is 2.43. The second kappa shape index (κ2) is 17.3. The average Bonchev–Trinajstić information content (AvgIpc) is 3.91. The van der Waals surface area contributed by atoms with Gasteiger partial charge in [0.25, 0.3) is 0 Å². The molecule has 1 unspecified atom stereocenters. The summed E-state index contributed by atoms with van der Waals surface area (Å²) in [7, 11) is 0. The Bertz CT molecular complexity index is 3800. The van der Waals surface area contributed by atoms with Gasteiger partial charge in [0, 0.05) is 73.3 Å². The van der Waals surface area contributed by atoms with Gasteiger partial charge in [-0.05, 0) is 102 Å². The summed E-state index contributed by atoms with van der Waals surface area (Å²) in [5, 5.41) is 24.7. The minimum Gasteiger partial charge on any atom is -0.455 e. The smallest absolute Gasteiger partial charge is 0.154 e. The third-order valence-electron chi connectivity index (χ3n) is 14.4. The monoisotopic (exact) mass is 893 g/mol. The largest absolute Gasteiger partial charge is 0.455 e. The fourth-order valence-electron chi connectivity index (χ4n) is 11.0. The van der Waals surface area contributed by atoms with Gasteiger partial charge in [-0.1, -0.05) is 152 Å². The molecule has 11 aromatic rings. The number of aliphatic imine (C=N–C) groups is 1. The third kappa shape index (κ3) is 7.36. The van der Waals surface area contributed by atoms with E-state index in [1.54, 1.807) is 0 Å². The Labute approximate surface area is 401 Å². The van der Waals surface area contributed by atoms with Crippen LogP contribution < -0.4 is 10.2 Å². The molecule has 0 saturated carbocycles. The molecule has 0 bridgehead atoms. The van der Waals surface area contributed by atoms with Crippen molar-refractivity contribution in [2.24, 2.45) is 16.8 Å². The molecule has 3 heterocycles. The van der Waals surface area contributed by atoms with Crippen molar-refractivity contribution in [3.63, 3.8) is 0 Å². The van der Waals surface area contributed by atoms with Gasteiger partial charge in [0.15, 0.2) is 5.84 Å². The molecule has 0 fully saturated rings. The lowest BCUT2D eigenvalue weighted by Gasteiger charge is -2.39. The van der Waals surface area contributed by atoms with Gasteiger partial charge in [0.05, 0.1) is 16.7 Å². The van der Waals surface area contributed by atoms with E-state index in [0.29, 0.717) is 5.84 Å². The van der Waals surface area contributed by atoms with Gasteiger partial charge in [0.2, 0.25) is 0 Å². The average molecular weight is 894 g/mol. The van der Waals surface area contributed by atoms with Gasteiger partial charge in [-0.25, -0.2) is 4.99 Å². The van der Waals surface area contributed by atoms with Gasteiger partial charge < -0.3 is 19.2 Å². The number of rotatable bonds is 8. The van der Waals surface area contributed by atoms with E-state index in [1.165, 1.54) is 32.3 Å². The zero-order valence-electron chi connectivity index (χ0n) is 38.6. The molecule has 69 heavy (non-hydrogen) atoms. The maximum absolute atomic E-state index is 9.48. The van der Waals surface area contributed by atoms with E-state index in [-0.39, 0.29) is 23.7 Å². The third-order valence-corrected chi connectivity index (χ3v) is 14.4. The molecule has 2 N–H and O–H groups in total. The molecule has 6 heteroatoms. The molecule has 334 valence electrons. The quantitative estimate of drug-likeness (QED) is 0.0907. The maximum Gasteiger partial charge on any atom is 0.154 e. The molecule has 0 saturated heterocycles. The molecular weight excluding hydrogens is 843 g/mol. The molecular formula is C63H51N5O. The predicted octanol–water partition coefficient (Wildman–Crippen LogP) is 15.7. The number of nitrogens with zero attached hydrogens (tertiary/aromatic N) is 3. The van der Waals surface area contributed by atoms with Crippen molar-refractivity contribution in [2.75, 3.05) is 11.4 Å². The summed E-state index contributed by atoms with van der Waals surface area (Å²) in [5.41, 5.74) is 8.58. The van der Waals surface area contributed by atoms with Crippen LogP contribution in [0.15, 0.2) is 228 Å². The first-order valence-electron chi connectivity index (χ1n) is 23.9. The molecule has 0 aliphatic carbocycles. The zero-order valence-corrected chi connectivity index (χ0v) is 38.6. The summed E-state index contributed by atoms with van der Waals surface area (Å²) in [6.07, 6.45) is 8.20. The lowest BCUT2D eigenvalue weighted by Crippen LogP contribution is -2.47. The van der Waals surface area contributed by atoms with E-state index in [4.69, 9.17) is 9.41 Å². The molecule has 0 spiro atoms. The number of para-hydroxylation sites is 1. The van der Waals surface area contributed by atoms with Gasteiger partial charge in [-0.15, -0.1) is 6.58 Å². The Morgan fingerprint density at radius 3 is 1.99 bits per heavy atom. The van der Waals surface area contributed by atoms with E-state index in [9.17, 15) is 5.41 Å². The minimum atomic E-state index is -0.0881. The van der Waals surface area contributed by atoms with Gasteiger partial charge in [-0.3, -0.25) is 5.41 Å². The highest BCUT2D eigenvalue weighted by Gasteiger charge is 2.32. The second-order valence-electron chi connectivity index (χ2n) is 18.5. The number of furan rings is 1. The number of fused-ring (bicyclic) bond motifs is 10. The molecule has 9 aromatic carbocycles. The van der Waals surface area contributed by atoms with E-state index in [2.05, 4.69) is 193 Å². The van der Waals surface area contributed by atoms with Crippen molar-refractivity contribution in [3.05, 3.63) is 230 Å². The van der Waals surface area contributed by atoms with E-state index < -0.39 is 0 Å². The lowest BCUT2D eigenvalue weighted by atomic mass is 9.80. The molecule has 12 rings (SSSR count). The summed E-state index contributed by atoms with van der Waals surface area (Å²) >= 11 is 0. The van der Waals surface area contributed by atoms with Crippen LogP contribution in [-0.2, 0) is 0 Å². The first-order chi connectivity index (χ1) is 33.9. The SMILES string of the molecule is C=CC[C@H]1C/C=C\C(=C)N(c2ccccc2)C[C@@H]1C(C)N/C(=N\C(=N)c1ccccc1)c1cccc2oc3c4ccccc4c(-n4c5cc6ccccc6cc5c5cc6ccccc6cc54)cc3c12. The number of aromatic nitrogens is 1. The van der Waals surface area contributed by atoms with Gasteiger partial charge in [0.1, 0.15) is 17.0 Å². The van der Waals surface area contributed by atoms with Crippen LogP contribution >= 0.6 is 0 Å². The van der Waals surface area contributed by atoms with Crippen LogP contribution in [0.4, 0.5) is 5.69 Å². The number of nitrogens with one attached hydrogen (secondary N) is 2. The molecule has 1 aliphatic heterocycles. The Balaban J connectivity index is 1.08. The van der Waals surface area contributed by atoms with Crippen LogP contribution in [0.1, 0.15) is 30.9 Å². The normalized spacial score (nSPS) is 16.7. The number of anilines is 1. The molecule has 6 nitrogen and oxygen atoms in total. The molecule has 3 atom stereocenters. The standard InChI is InChI=1S/C63H51N5O/c1-4-19-42-27-17-20-40(2)67(48-28-9-6-10-29-48)39-55(42)41(3)65-63(66-62(64)43-21-7-5-8-22-43)51-32-18-33-59-60(51)54-38-58(49-30-15-16-31-50(49)61(54)69-59)68-56-36-46-25-13-11-23-44(46)34-52(56)53-35-45-24-12-14-26-47(45)37-57(53)68/h4-18,20-26,28-38,41-42,55H,1-2,19,27,39H2,3H3,(H2,64,65,66)/b20-17-/t41?,42-,55+/m0/s1. The zero-order chi connectivity index (χ0) is 46.6. The van der Waals surface area contributed by atoms with Crippen LogP contribution in [0.3, 0.4) is 0 Å². The Kier molecular flexibility index (Phi) is 10.5. The van der Waals surface area contributed by atoms with Crippen LogP contribution in [0.25, 0.3) is 81.7 Å². The van der Waals surface area contributed by atoms with Crippen LogP contribution in [0.5, 0.6) is 0 Å². The highest BCUT2D eigenvalue weighted by molar-refractivity contribution is 6.26. The summed E-state index contributed by atoms with van der Waals surface area (Å²) in [5.74, 6) is 1.22. The Morgan fingerprint density at radius 2 is 1.32 bits per heavy atom. The molecule has 1 aliphatic rings. The molecule has 0 radical (unpaired) electrons. The van der Waals surface area contributed by atoms with Crippen LogP contribution in [0.2, 0.25) is 0 Å². The first kappa shape index (κ1) is 41.9. The van der Waals surface area contributed by atoms with Crippen molar-refractivity contribution >= 4 is 93.4 Å².